The highest BCUT2D eigenvalue weighted by Crippen LogP contribution is 2.60. The van der Waals surface area contributed by atoms with Gasteiger partial charge in [-0.05, 0) is 49.9 Å². The van der Waals surface area contributed by atoms with Crippen LogP contribution >= 0.6 is 0 Å². The third kappa shape index (κ3) is 3.31. The highest BCUT2D eigenvalue weighted by Gasteiger charge is 2.55. The van der Waals surface area contributed by atoms with Gasteiger partial charge in [-0.1, -0.05) is 31.2 Å². The smallest absolute Gasteiger partial charge is 0.317 e. The maximum Gasteiger partial charge on any atom is 0.317 e. The third-order valence-corrected chi connectivity index (χ3v) is 7.16. The number of fused-ring (bicyclic) bond motifs is 2. The molecule has 4 fully saturated rings. The Balaban J connectivity index is 1.24. The number of rotatable bonds is 3. The summed E-state index contributed by atoms with van der Waals surface area (Å²) in [6.45, 7) is 11.9. The van der Waals surface area contributed by atoms with Crippen molar-refractivity contribution in [3.05, 3.63) is 29.7 Å². The van der Waals surface area contributed by atoms with Crippen LogP contribution in [-0.2, 0) is 0 Å². The summed E-state index contributed by atoms with van der Waals surface area (Å²) in [7, 11) is 0. The summed E-state index contributed by atoms with van der Waals surface area (Å²) in [5, 5.41) is 9.93. The highest BCUT2D eigenvalue weighted by atomic mass is 16.5. The molecule has 1 aromatic rings. The topological polar surface area (TPSA) is 87.5 Å². The quantitative estimate of drug-likeness (QED) is 0.782. The van der Waals surface area contributed by atoms with Gasteiger partial charge in [0.2, 0.25) is 0 Å². The van der Waals surface area contributed by atoms with Gasteiger partial charge in [0.1, 0.15) is 5.76 Å². The molecule has 3 atom stereocenters. The lowest BCUT2D eigenvalue weighted by Crippen LogP contribution is -2.59. The summed E-state index contributed by atoms with van der Waals surface area (Å²) in [4.78, 5) is 26.8. The van der Waals surface area contributed by atoms with E-state index in [1.54, 1.807) is 13.0 Å². The zero-order valence-corrected chi connectivity index (χ0v) is 17.0. The molecule has 0 aromatic carbocycles. The van der Waals surface area contributed by atoms with Crippen LogP contribution < -0.4 is 10.6 Å². The Morgan fingerprint density at radius 3 is 2.54 bits per heavy atom. The fraction of sp³-hybridized carbons (Fsp3) is 0.667. The van der Waals surface area contributed by atoms with Gasteiger partial charge in [0.05, 0.1) is 6.04 Å². The summed E-state index contributed by atoms with van der Waals surface area (Å²) in [5.74, 6) is 1.59. The number of hydrogen-bond acceptors (Lipinski definition) is 4. The number of aromatic nitrogens is 1. The molecule has 2 N–H and O–H groups in total. The summed E-state index contributed by atoms with van der Waals surface area (Å²) in [6.07, 6.45) is 3.69. The Morgan fingerprint density at radius 2 is 1.96 bits per heavy atom. The van der Waals surface area contributed by atoms with E-state index < -0.39 is 0 Å². The van der Waals surface area contributed by atoms with Crippen molar-refractivity contribution in [3.8, 4) is 0 Å². The van der Waals surface area contributed by atoms with E-state index >= 15 is 0 Å². The normalized spacial score (nSPS) is 29.2. The fourth-order valence-corrected chi connectivity index (χ4v) is 5.08. The predicted molar refractivity (Wildman–Crippen MR) is 105 cm³/mol. The lowest BCUT2D eigenvalue weighted by atomic mass is 9.46. The molecule has 1 unspecified atom stereocenters. The number of carbonyl (C=O) groups is 2. The lowest BCUT2D eigenvalue weighted by Gasteiger charge is -2.60. The molecular formula is C21H30N4O3. The number of hydrogen-bond donors (Lipinski definition) is 2. The minimum absolute atomic E-state index is 0.0119. The number of likely N-dealkylation sites (tertiary alicyclic amines) is 1. The number of piperidine rings is 1. The van der Waals surface area contributed by atoms with Gasteiger partial charge in [-0.3, -0.25) is 4.79 Å². The lowest BCUT2D eigenvalue weighted by molar-refractivity contribution is -0.0374. The second-order valence-corrected chi connectivity index (χ2v) is 9.18. The van der Waals surface area contributed by atoms with Crippen LogP contribution in [0.15, 0.2) is 22.7 Å². The van der Waals surface area contributed by atoms with Crippen molar-refractivity contribution in [1.29, 1.82) is 0 Å². The second kappa shape index (κ2) is 6.94. The van der Waals surface area contributed by atoms with Crippen molar-refractivity contribution in [2.45, 2.75) is 58.5 Å². The van der Waals surface area contributed by atoms with E-state index in [2.05, 4.69) is 36.2 Å². The van der Waals surface area contributed by atoms with E-state index in [0.29, 0.717) is 41.8 Å². The van der Waals surface area contributed by atoms with E-state index in [9.17, 15) is 9.59 Å². The Labute approximate surface area is 165 Å². The van der Waals surface area contributed by atoms with Crippen LogP contribution in [0, 0.1) is 24.2 Å². The number of nitrogens with one attached hydrogen (secondary N) is 2. The van der Waals surface area contributed by atoms with Gasteiger partial charge in [0.25, 0.3) is 5.91 Å². The third-order valence-electron chi connectivity index (χ3n) is 7.16. The van der Waals surface area contributed by atoms with Crippen LogP contribution in [0.5, 0.6) is 0 Å². The zero-order chi connectivity index (χ0) is 20.1. The first-order chi connectivity index (χ1) is 13.3. The van der Waals surface area contributed by atoms with Crippen molar-refractivity contribution >= 4 is 11.9 Å². The fourth-order valence-electron chi connectivity index (χ4n) is 5.08. The van der Waals surface area contributed by atoms with Crippen LogP contribution in [-0.4, -0.2) is 47.2 Å². The molecule has 4 aliphatic rings. The Morgan fingerprint density at radius 1 is 1.25 bits per heavy atom. The van der Waals surface area contributed by atoms with Gasteiger partial charge in [-0.2, -0.15) is 0 Å². The molecule has 28 heavy (non-hydrogen) atoms. The zero-order valence-electron chi connectivity index (χ0n) is 17.0. The van der Waals surface area contributed by atoms with E-state index in [4.69, 9.17) is 4.52 Å². The predicted octanol–water partition coefficient (Wildman–Crippen LogP) is 2.88. The van der Waals surface area contributed by atoms with E-state index in [1.807, 2.05) is 4.90 Å². The highest BCUT2D eigenvalue weighted by molar-refractivity contribution is 5.92. The van der Waals surface area contributed by atoms with E-state index in [-0.39, 0.29) is 24.0 Å². The maximum atomic E-state index is 12.7. The first-order valence-electron chi connectivity index (χ1n) is 10.2. The van der Waals surface area contributed by atoms with Crippen LogP contribution in [0.3, 0.4) is 0 Å². The molecule has 0 radical (unpaired) electrons. The largest absolute Gasteiger partial charge is 0.361 e. The average molecular weight is 386 g/mol. The molecule has 0 spiro atoms. The molecule has 3 amide bonds. The SMILES string of the molecule is C=C1C(NC(=O)N2CCC(NC(=O)c3cc(C)on3)CC2)C[C@H]2C[C@@H]1C2(C)C. The van der Waals surface area contributed by atoms with Crippen molar-refractivity contribution in [2.24, 2.45) is 17.3 Å². The molecule has 2 heterocycles. The minimum atomic E-state index is -0.222. The van der Waals surface area contributed by atoms with Crippen LogP contribution in [0.2, 0.25) is 0 Å². The maximum absolute atomic E-state index is 12.7. The number of nitrogens with zero attached hydrogens (tertiary/aromatic N) is 2. The number of urea groups is 1. The summed E-state index contributed by atoms with van der Waals surface area (Å²) >= 11 is 0. The number of amides is 3. The molecule has 1 saturated heterocycles. The standard InChI is InChI=1S/C21H30N4O3/c1-12-9-18(24-28-12)19(26)22-15-5-7-25(8-6-15)20(27)23-17-11-14-10-16(13(17)2)21(14,3)4/h9,14-17H,2,5-8,10-11H2,1,3-4H3,(H,22,26)(H,23,27)/t14-,16+,17?/m1/s1. The average Bonchev–Trinajstić information content (AvgIpc) is 3.10. The monoisotopic (exact) mass is 386 g/mol. The van der Waals surface area contributed by atoms with Crippen molar-refractivity contribution in [1.82, 2.24) is 20.7 Å². The molecule has 152 valence electrons. The van der Waals surface area contributed by atoms with Crippen molar-refractivity contribution in [3.63, 3.8) is 0 Å². The molecule has 7 nitrogen and oxygen atoms in total. The molecule has 7 heteroatoms. The second-order valence-electron chi connectivity index (χ2n) is 9.18. The Kier molecular flexibility index (Phi) is 4.71. The van der Waals surface area contributed by atoms with Gasteiger partial charge >= 0.3 is 6.03 Å². The Hall–Kier alpha value is -2.31. The summed E-state index contributed by atoms with van der Waals surface area (Å²) in [5.41, 5.74) is 1.82. The number of aryl methyl sites for hydroxylation is 1. The molecule has 3 aliphatic carbocycles. The molecule has 3 saturated carbocycles. The number of carbonyl (C=O) groups excluding carboxylic acids is 2. The first kappa shape index (κ1) is 19.0. The van der Waals surface area contributed by atoms with Crippen LogP contribution in [0.25, 0.3) is 0 Å². The molecule has 2 bridgehead atoms. The molecular weight excluding hydrogens is 356 g/mol. The van der Waals surface area contributed by atoms with E-state index in [1.165, 1.54) is 12.0 Å². The van der Waals surface area contributed by atoms with Gasteiger partial charge in [-0.15, -0.1) is 0 Å². The molecule has 1 aliphatic heterocycles. The van der Waals surface area contributed by atoms with Crippen molar-refractivity contribution < 1.29 is 14.1 Å². The molecule has 1 aromatic heterocycles. The van der Waals surface area contributed by atoms with E-state index in [0.717, 1.165) is 19.3 Å². The van der Waals surface area contributed by atoms with Gasteiger partial charge in [0.15, 0.2) is 5.69 Å². The summed E-state index contributed by atoms with van der Waals surface area (Å²) in [6, 6.07) is 1.76. The molecule has 5 rings (SSSR count). The van der Waals surface area contributed by atoms with Crippen LogP contribution in [0.4, 0.5) is 4.79 Å². The van der Waals surface area contributed by atoms with Gasteiger partial charge < -0.3 is 20.1 Å². The minimum Gasteiger partial charge on any atom is -0.361 e. The summed E-state index contributed by atoms with van der Waals surface area (Å²) < 4.78 is 4.95. The van der Waals surface area contributed by atoms with Gasteiger partial charge in [0, 0.05) is 25.2 Å². The van der Waals surface area contributed by atoms with Crippen molar-refractivity contribution in [2.75, 3.05) is 13.1 Å². The first-order valence-corrected chi connectivity index (χ1v) is 10.2. The van der Waals surface area contributed by atoms with Crippen LogP contribution in [0.1, 0.15) is 55.8 Å². The Bertz CT molecular complexity index is 791. The van der Waals surface area contributed by atoms with Gasteiger partial charge in [-0.25, -0.2) is 4.79 Å².